The minimum Gasteiger partial charge on any atom is -0.335 e. The zero-order valence-electron chi connectivity index (χ0n) is 14.7. The Bertz CT molecular complexity index is 861. The van der Waals surface area contributed by atoms with E-state index in [2.05, 4.69) is 34.0 Å². The number of hydrogen-bond acceptors (Lipinski definition) is 4. The summed E-state index contributed by atoms with van der Waals surface area (Å²) >= 11 is 0. The van der Waals surface area contributed by atoms with E-state index in [9.17, 15) is 4.79 Å². The van der Waals surface area contributed by atoms with Crippen LogP contribution in [-0.2, 0) is 0 Å². The number of piperazine rings is 1. The van der Waals surface area contributed by atoms with Gasteiger partial charge in [-0.25, -0.2) is 9.97 Å². The monoisotopic (exact) mass is 347 g/mol. The highest BCUT2D eigenvalue weighted by Crippen LogP contribution is 2.24. The van der Waals surface area contributed by atoms with Crippen molar-refractivity contribution in [3.05, 3.63) is 78.5 Å². The summed E-state index contributed by atoms with van der Waals surface area (Å²) in [4.78, 5) is 25.6. The number of nitrogens with zero attached hydrogens (tertiary/aromatic N) is 5. The van der Waals surface area contributed by atoms with Crippen LogP contribution in [0.4, 0.5) is 0 Å². The fourth-order valence-electron chi connectivity index (χ4n) is 3.34. The molecule has 6 heteroatoms. The van der Waals surface area contributed by atoms with Gasteiger partial charge in [0.05, 0.1) is 11.6 Å². The Morgan fingerprint density at radius 2 is 1.96 bits per heavy atom. The van der Waals surface area contributed by atoms with Crippen LogP contribution in [0.2, 0.25) is 0 Å². The summed E-state index contributed by atoms with van der Waals surface area (Å²) in [6.45, 7) is 2.26. The van der Waals surface area contributed by atoms with Crippen molar-refractivity contribution in [1.82, 2.24) is 24.3 Å². The van der Waals surface area contributed by atoms with Gasteiger partial charge in [0.2, 0.25) is 0 Å². The van der Waals surface area contributed by atoms with E-state index in [1.807, 2.05) is 46.0 Å². The summed E-state index contributed by atoms with van der Waals surface area (Å²) in [5.41, 5.74) is 1.85. The number of aromatic nitrogens is 3. The van der Waals surface area contributed by atoms with E-state index in [-0.39, 0.29) is 11.9 Å². The van der Waals surface area contributed by atoms with Gasteiger partial charge in [0, 0.05) is 38.2 Å². The molecule has 0 spiro atoms. The van der Waals surface area contributed by atoms with Crippen molar-refractivity contribution in [3.8, 4) is 5.82 Å². The molecule has 1 aromatic carbocycles. The predicted octanol–water partition coefficient (Wildman–Crippen LogP) is 2.40. The van der Waals surface area contributed by atoms with Crippen molar-refractivity contribution in [3.63, 3.8) is 0 Å². The molecule has 0 bridgehead atoms. The lowest BCUT2D eigenvalue weighted by Gasteiger charge is -2.39. The number of likely N-dealkylation sites (N-methyl/N-ethyl adjacent to an activating group) is 1. The summed E-state index contributed by atoms with van der Waals surface area (Å²) in [6, 6.07) is 14.2. The Morgan fingerprint density at radius 3 is 2.65 bits per heavy atom. The molecule has 0 radical (unpaired) electrons. The van der Waals surface area contributed by atoms with E-state index in [0.29, 0.717) is 12.1 Å². The number of carbonyl (C=O) groups is 1. The molecule has 1 amide bonds. The average Bonchev–Trinajstić information content (AvgIpc) is 3.23. The topological polar surface area (TPSA) is 54.3 Å². The highest BCUT2D eigenvalue weighted by Gasteiger charge is 2.28. The number of benzene rings is 1. The smallest absolute Gasteiger partial charge is 0.255 e. The Morgan fingerprint density at radius 1 is 1.12 bits per heavy atom. The largest absolute Gasteiger partial charge is 0.335 e. The fourth-order valence-corrected chi connectivity index (χ4v) is 3.34. The van der Waals surface area contributed by atoms with Crippen molar-refractivity contribution in [2.24, 2.45) is 0 Å². The van der Waals surface area contributed by atoms with Gasteiger partial charge < -0.3 is 4.90 Å². The standard InChI is InChI=1S/C20H21N5O/c1-23-11-12-24(14-18(23)16-5-3-2-4-6-16)20(26)17-7-8-19(22-13-17)25-10-9-21-15-25/h2-10,13,15,18H,11-12,14H2,1H3/t18-/m0/s1. The summed E-state index contributed by atoms with van der Waals surface area (Å²) < 4.78 is 1.82. The summed E-state index contributed by atoms with van der Waals surface area (Å²) in [5, 5.41) is 0. The third-order valence-electron chi connectivity index (χ3n) is 4.88. The SMILES string of the molecule is CN1CCN(C(=O)c2ccc(-n3ccnc3)nc2)C[C@H]1c1ccccc1. The molecule has 3 aromatic rings. The maximum Gasteiger partial charge on any atom is 0.255 e. The van der Waals surface area contributed by atoms with Gasteiger partial charge in [-0.2, -0.15) is 0 Å². The van der Waals surface area contributed by atoms with E-state index in [4.69, 9.17) is 0 Å². The normalized spacial score (nSPS) is 18.0. The molecule has 0 N–H and O–H groups in total. The molecule has 2 aromatic heterocycles. The molecular formula is C20H21N5O. The molecule has 6 nitrogen and oxygen atoms in total. The van der Waals surface area contributed by atoms with Gasteiger partial charge in [0.15, 0.2) is 0 Å². The molecule has 26 heavy (non-hydrogen) atoms. The molecule has 1 fully saturated rings. The van der Waals surface area contributed by atoms with E-state index in [1.165, 1.54) is 5.56 Å². The van der Waals surface area contributed by atoms with E-state index >= 15 is 0 Å². The molecule has 0 aliphatic carbocycles. The van der Waals surface area contributed by atoms with Gasteiger partial charge in [-0.15, -0.1) is 0 Å². The zero-order valence-corrected chi connectivity index (χ0v) is 14.7. The number of rotatable bonds is 3. The Balaban J connectivity index is 1.51. The van der Waals surface area contributed by atoms with Crippen LogP contribution >= 0.6 is 0 Å². The highest BCUT2D eigenvalue weighted by molar-refractivity contribution is 5.94. The van der Waals surface area contributed by atoms with Crippen LogP contribution in [0.5, 0.6) is 0 Å². The molecule has 1 aliphatic heterocycles. The van der Waals surface area contributed by atoms with Crippen molar-refractivity contribution in [2.45, 2.75) is 6.04 Å². The van der Waals surface area contributed by atoms with E-state index in [0.717, 1.165) is 18.9 Å². The molecule has 1 atom stereocenters. The Kier molecular flexibility index (Phi) is 4.50. The molecule has 0 unspecified atom stereocenters. The van der Waals surface area contributed by atoms with E-state index < -0.39 is 0 Å². The first-order valence-electron chi connectivity index (χ1n) is 8.71. The van der Waals surface area contributed by atoms with Gasteiger partial charge in [-0.05, 0) is 24.7 Å². The summed E-state index contributed by atoms with van der Waals surface area (Å²) in [5.74, 6) is 0.781. The van der Waals surface area contributed by atoms with Gasteiger partial charge in [-0.3, -0.25) is 14.3 Å². The molecule has 1 saturated heterocycles. The van der Waals surface area contributed by atoms with Crippen LogP contribution in [0.3, 0.4) is 0 Å². The number of imidazole rings is 1. The van der Waals surface area contributed by atoms with E-state index in [1.54, 1.807) is 18.7 Å². The van der Waals surface area contributed by atoms with Crippen molar-refractivity contribution < 1.29 is 4.79 Å². The summed E-state index contributed by atoms with van der Waals surface area (Å²) in [7, 11) is 2.11. The average molecular weight is 347 g/mol. The van der Waals surface area contributed by atoms with Crippen molar-refractivity contribution in [1.29, 1.82) is 0 Å². The minimum absolute atomic E-state index is 0.0312. The van der Waals surface area contributed by atoms with Crippen LogP contribution in [0.25, 0.3) is 5.82 Å². The third kappa shape index (κ3) is 3.23. The first-order chi connectivity index (χ1) is 12.7. The van der Waals surface area contributed by atoms with Gasteiger partial charge in [0.25, 0.3) is 5.91 Å². The lowest BCUT2D eigenvalue weighted by molar-refractivity contribution is 0.0546. The zero-order chi connectivity index (χ0) is 17.9. The molecule has 0 saturated carbocycles. The van der Waals surface area contributed by atoms with Crippen LogP contribution in [-0.4, -0.2) is 56.9 Å². The number of hydrogen-bond donors (Lipinski definition) is 0. The van der Waals surface area contributed by atoms with Crippen molar-refractivity contribution in [2.75, 3.05) is 26.7 Å². The maximum absolute atomic E-state index is 12.9. The number of pyridine rings is 1. The number of amides is 1. The number of carbonyl (C=O) groups excluding carboxylic acids is 1. The van der Waals surface area contributed by atoms with Crippen LogP contribution in [0.1, 0.15) is 22.0 Å². The van der Waals surface area contributed by atoms with Gasteiger partial charge >= 0.3 is 0 Å². The lowest BCUT2D eigenvalue weighted by Crippen LogP contribution is -2.49. The van der Waals surface area contributed by atoms with Crippen LogP contribution < -0.4 is 0 Å². The third-order valence-corrected chi connectivity index (χ3v) is 4.88. The first-order valence-corrected chi connectivity index (χ1v) is 8.71. The van der Waals surface area contributed by atoms with Crippen molar-refractivity contribution >= 4 is 5.91 Å². The fraction of sp³-hybridized carbons (Fsp3) is 0.250. The molecule has 4 rings (SSSR count). The van der Waals surface area contributed by atoms with Crippen LogP contribution in [0.15, 0.2) is 67.4 Å². The lowest BCUT2D eigenvalue weighted by atomic mass is 10.0. The second kappa shape index (κ2) is 7.09. The molecule has 132 valence electrons. The Labute approximate surface area is 152 Å². The minimum atomic E-state index is 0.0312. The Hall–Kier alpha value is -2.99. The quantitative estimate of drug-likeness (QED) is 0.730. The predicted molar refractivity (Wildman–Crippen MR) is 99.1 cm³/mol. The van der Waals surface area contributed by atoms with Gasteiger partial charge in [-0.1, -0.05) is 30.3 Å². The molecular weight excluding hydrogens is 326 g/mol. The van der Waals surface area contributed by atoms with Gasteiger partial charge in [0.1, 0.15) is 12.1 Å². The second-order valence-corrected chi connectivity index (χ2v) is 6.53. The highest BCUT2D eigenvalue weighted by atomic mass is 16.2. The summed E-state index contributed by atoms with van der Waals surface area (Å²) in [6.07, 6.45) is 6.87. The molecule has 1 aliphatic rings. The second-order valence-electron chi connectivity index (χ2n) is 6.53. The van der Waals surface area contributed by atoms with Crippen LogP contribution in [0, 0.1) is 0 Å². The molecule has 3 heterocycles. The first kappa shape index (κ1) is 16.5. The maximum atomic E-state index is 12.9.